The van der Waals surface area contributed by atoms with Gasteiger partial charge in [0.2, 0.25) is 0 Å². The van der Waals surface area contributed by atoms with Crippen molar-refractivity contribution in [1.82, 2.24) is 0 Å². The highest BCUT2D eigenvalue weighted by Crippen LogP contribution is 2.28. The molecular weight excluding hydrogens is 232 g/mol. The maximum Gasteiger partial charge on any atom is 0.119 e. The van der Waals surface area contributed by atoms with Gasteiger partial charge in [0, 0.05) is 5.38 Å². The lowest BCUT2D eigenvalue weighted by molar-refractivity contribution is 0.339. The standard InChI is InChI=1S/C15H23ClO/c1-5-17-13-8-6-7-12(11-13)9-10-14(16)15(2,3)4/h6-8,11,14H,5,9-10H2,1-4H3. The average Bonchev–Trinajstić information content (AvgIpc) is 2.25. The number of alkyl halides is 1. The summed E-state index contributed by atoms with van der Waals surface area (Å²) in [6.07, 6.45) is 2.01. The van der Waals surface area contributed by atoms with Crippen LogP contribution in [0.15, 0.2) is 24.3 Å². The zero-order valence-electron chi connectivity index (χ0n) is 11.3. The summed E-state index contributed by atoms with van der Waals surface area (Å²) in [5.41, 5.74) is 1.46. The van der Waals surface area contributed by atoms with E-state index in [0.29, 0.717) is 6.61 Å². The summed E-state index contributed by atoms with van der Waals surface area (Å²) < 4.78 is 5.49. The van der Waals surface area contributed by atoms with Crippen LogP contribution >= 0.6 is 11.6 Å². The Morgan fingerprint density at radius 1 is 1.29 bits per heavy atom. The highest BCUT2D eigenvalue weighted by atomic mass is 35.5. The molecule has 1 nitrogen and oxygen atoms in total. The third kappa shape index (κ3) is 4.99. The largest absolute Gasteiger partial charge is 0.494 e. The van der Waals surface area contributed by atoms with Crippen LogP contribution in [0.3, 0.4) is 0 Å². The van der Waals surface area contributed by atoms with Crippen LogP contribution < -0.4 is 4.74 Å². The number of aryl methyl sites for hydroxylation is 1. The van der Waals surface area contributed by atoms with Gasteiger partial charge >= 0.3 is 0 Å². The summed E-state index contributed by atoms with van der Waals surface area (Å²) in [4.78, 5) is 0. The Hall–Kier alpha value is -0.690. The van der Waals surface area contributed by atoms with Crippen molar-refractivity contribution in [1.29, 1.82) is 0 Å². The van der Waals surface area contributed by atoms with E-state index in [-0.39, 0.29) is 10.8 Å². The molecule has 1 aromatic rings. The SMILES string of the molecule is CCOc1cccc(CCC(Cl)C(C)(C)C)c1. The van der Waals surface area contributed by atoms with E-state index in [1.807, 2.05) is 19.1 Å². The van der Waals surface area contributed by atoms with Crippen LogP contribution in [-0.2, 0) is 6.42 Å². The molecular formula is C15H23ClO. The van der Waals surface area contributed by atoms with Gasteiger partial charge < -0.3 is 4.74 Å². The third-order valence-electron chi connectivity index (χ3n) is 2.84. The van der Waals surface area contributed by atoms with Gasteiger partial charge in [0.1, 0.15) is 5.75 Å². The van der Waals surface area contributed by atoms with Gasteiger partial charge in [-0.3, -0.25) is 0 Å². The summed E-state index contributed by atoms with van der Waals surface area (Å²) in [5, 5.41) is 0.207. The van der Waals surface area contributed by atoms with Gasteiger partial charge in [-0.2, -0.15) is 0 Å². The number of ether oxygens (including phenoxy) is 1. The molecule has 1 aromatic carbocycles. The molecule has 0 radical (unpaired) electrons. The van der Waals surface area contributed by atoms with E-state index in [0.717, 1.165) is 18.6 Å². The van der Waals surface area contributed by atoms with Crippen molar-refractivity contribution in [2.45, 2.75) is 45.9 Å². The summed E-state index contributed by atoms with van der Waals surface area (Å²) >= 11 is 6.38. The molecule has 1 atom stereocenters. The number of halogens is 1. The van der Waals surface area contributed by atoms with E-state index in [4.69, 9.17) is 16.3 Å². The first-order valence-corrected chi connectivity index (χ1v) is 6.73. The first-order valence-electron chi connectivity index (χ1n) is 6.29. The van der Waals surface area contributed by atoms with Crippen molar-refractivity contribution in [3.05, 3.63) is 29.8 Å². The molecule has 1 rings (SSSR count). The van der Waals surface area contributed by atoms with Crippen LogP contribution in [0.2, 0.25) is 0 Å². The number of benzene rings is 1. The highest BCUT2D eigenvalue weighted by molar-refractivity contribution is 6.21. The molecule has 0 aromatic heterocycles. The second-order valence-electron chi connectivity index (χ2n) is 5.45. The van der Waals surface area contributed by atoms with Crippen molar-refractivity contribution in [2.75, 3.05) is 6.61 Å². The molecule has 2 heteroatoms. The van der Waals surface area contributed by atoms with Crippen LogP contribution in [0, 0.1) is 5.41 Å². The van der Waals surface area contributed by atoms with Crippen LogP contribution in [0.1, 0.15) is 39.7 Å². The van der Waals surface area contributed by atoms with Crippen molar-refractivity contribution < 1.29 is 4.74 Å². The van der Waals surface area contributed by atoms with Crippen molar-refractivity contribution in [3.8, 4) is 5.75 Å². The zero-order valence-corrected chi connectivity index (χ0v) is 12.1. The van der Waals surface area contributed by atoms with Gasteiger partial charge in [0.05, 0.1) is 6.61 Å². The van der Waals surface area contributed by atoms with Gasteiger partial charge in [0.15, 0.2) is 0 Å². The Bertz CT molecular complexity index is 341. The smallest absolute Gasteiger partial charge is 0.119 e. The first kappa shape index (κ1) is 14.4. The average molecular weight is 255 g/mol. The normalized spacial score (nSPS) is 13.5. The van der Waals surface area contributed by atoms with E-state index >= 15 is 0 Å². The minimum Gasteiger partial charge on any atom is -0.494 e. The van der Waals surface area contributed by atoms with Gasteiger partial charge in [-0.05, 0) is 42.9 Å². The molecule has 0 heterocycles. The summed E-state index contributed by atoms with van der Waals surface area (Å²) in [5.74, 6) is 0.951. The maximum atomic E-state index is 6.38. The molecule has 0 saturated carbocycles. The van der Waals surface area contributed by atoms with E-state index in [2.05, 4.69) is 32.9 Å². The van der Waals surface area contributed by atoms with Gasteiger partial charge in [0.25, 0.3) is 0 Å². The number of hydrogen-bond acceptors (Lipinski definition) is 1. The fourth-order valence-electron chi connectivity index (χ4n) is 1.68. The summed E-state index contributed by atoms with van der Waals surface area (Å²) in [6, 6.07) is 8.28. The Labute approximate surface area is 110 Å². The van der Waals surface area contributed by atoms with E-state index in [1.165, 1.54) is 5.56 Å². The van der Waals surface area contributed by atoms with Crippen molar-refractivity contribution >= 4 is 11.6 Å². The second kappa shape index (κ2) is 6.30. The Kier molecular flexibility index (Phi) is 5.32. The summed E-state index contributed by atoms with van der Waals surface area (Å²) in [7, 11) is 0. The molecule has 0 N–H and O–H groups in total. The second-order valence-corrected chi connectivity index (χ2v) is 5.98. The highest BCUT2D eigenvalue weighted by Gasteiger charge is 2.21. The van der Waals surface area contributed by atoms with E-state index in [1.54, 1.807) is 0 Å². The Balaban J connectivity index is 2.54. The molecule has 0 saturated heterocycles. The van der Waals surface area contributed by atoms with Crippen LogP contribution in [-0.4, -0.2) is 12.0 Å². The molecule has 0 bridgehead atoms. The fraction of sp³-hybridized carbons (Fsp3) is 0.600. The van der Waals surface area contributed by atoms with Gasteiger partial charge in [-0.15, -0.1) is 11.6 Å². The minimum absolute atomic E-state index is 0.166. The Morgan fingerprint density at radius 3 is 2.59 bits per heavy atom. The van der Waals surface area contributed by atoms with E-state index < -0.39 is 0 Å². The number of hydrogen-bond donors (Lipinski definition) is 0. The quantitative estimate of drug-likeness (QED) is 0.694. The molecule has 0 aliphatic heterocycles. The molecule has 0 fully saturated rings. The molecule has 0 aliphatic carbocycles. The molecule has 17 heavy (non-hydrogen) atoms. The topological polar surface area (TPSA) is 9.23 Å². The predicted octanol–water partition coefficient (Wildman–Crippen LogP) is 4.67. The lowest BCUT2D eigenvalue weighted by atomic mass is 9.88. The monoisotopic (exact) mass is 254 g/mol. The number of rotatable bonds is 5. The van der Waals surface area contributed by atoms with Crippen LogP contribution in [0.5, 0.6) is 5.75 Å². The first-order chi connectivity index (χ1) is 7.93. The molecule has 1 unspecified atom stereocenters. The Morgan fingerprint density at radius 2 is 2.00 bits per heavy atom. The van der Waals surface area contributed by atoms with Gasteiger partial charge in [-0.25, -0.2) is 0 Å². The minimum atomic E-state index is 0.166. The molecule has 0 amide bonds. The zero-order chi connectivity index (χ0) is 12.9. The molecule has 0 aliphatic rings. The van der Waals surface area contributed by atoms with Gasteiger partial charge in [-0.1, -0.05) is 32.9 Å². The van der Waals surface area contributed by atoms with E-state index in [9.17, 15) is 0 Å². The summed E-state index contributed by atoms with van der Waals surface area (Å²) in [6.45, 7) is 9.26. The van der Waals surface area contributed by atoms with Crippen LogP contribution in [0.4, 0.5) is 0 Å². The lowest BCUT2D eigenvalue weighted by Crippen LogP contribution is -2.21. The molecule has 96 valence electrons. The fourth-order valence-corrected chi connectivity index (χ4v) is 1.79. The van der Waals surface area contributed by atoms with Crippen molar-refractivity contribution in [3.63, 3.8) is 0 Å². The van der Waals surface area contributed by atoms with Crippen LogP contribution in [0.25, 0.3) is 0 Å². The molecule has 0 spiro atoms. The third-order valence-corrected chi connectivity index (χ3v) is 3.71. The maximum absolute atomic E-state index is 6.38. The predicted molar refractivity (Wildman–Crippen MR) is 75.0 cm³/mol. The lowest BCUT2D eigenvalue weighted by Gasteiger charge is -2.25. The van der Waals surface area contributed by atoms with Crippen molar-refractivity contribution in [2.24, 2.45) is 5.41 Å².